The fraction of sp³-hybridized carbons (Fsp3) is 0.667. The molecule has 0 heterocycles. The Morgan fingerprint density at radius 2 is 2.12 bits per heavy atom. The van der Waals surface area contributed by atoms with Gasteiger partial charge in [0.05, 0.1) is 12.0 Å². The van der Waals surface area contributed by atoms with Gasteiger partial charge in [0, 0.05) is 6.54 Å². The summed E-state index contributed by atoms with van der Waals surface area (Å²) in [5.41, 5.74) is 9.66. The molecule has 0 aliphatic carbocycles. The zero-order valence-corrected chi connectivity index (χ0v) is 7.88. The predicted molar refractivity (Wildman–Crippen MR) is 22.0 cm³/mol. The average Bonchev–Trinajstić information content (AvgIpc) is 1.65. The van der Waals surface area contributed by atoms with Gasteiger partial charge in [-0.05, 0) is 0 Å². The van der Waals surface area contributed by atoms with Gasteiger partial charge < -0.3 is 21.4 Å². The SMILES string of the molecule is NCC(N)C(=O)[O-].[K+]. The van der Waals surface area contributed by atoms with E-state index in [0.717, 1.165) is 0 Å². The van der Waals surface area contributed by atoms with Crippen LogP contribution in [0.5, 0.6) is 0 Å². The van der Waals surface area contributed by atoms with E-state index < -0.39 is 12.0 Å². The van der Waals surface area contributed by atoms with Gasteiger partial charge in [-0.2, -0.15) is 0 Å². The number of hydrogen-bond acceptors (Lipinski definition) is 4. The van der Waals surface area contributed by atoms with Gasteiger partial charge in [0.15, 0.2) is 0 Å². The van der Waals surface area contributed by atoms with Gasteiger partial charge >= 0.3 is 51.4 Å². The molecule has 0 aromatic heterocycles. The van der Waals surface area contributed by atoms with Crippen molar-refractivity contribution in [3.8, 4) is 0 Å². The molecule has 0 fully saturated rings. The maximum absolute atomic E-state index is 9.61. The van der Waals surface area contributed by atoms with Crippen LogP contribution in [0.4, 0.5) is 0 Å². The van der Waals surface area contributed by atoms with E-state index in [1.165, 1.54) is 0 Å². The van der Waals surface area contributed by atoms with Crippen LogP contribution in [-0.2, 0) is 4.79 Å². The second kappa shape index (κ2) is 6.15. The Hall–Kier alpha value is 1.03. The average molecular weight is 142 g/mol. The number of aliphatic carboxylic acids is 1. The van der Waals surface area contributed by atoms with Gasteiger partial charge in [-0.15, -0.1) is 0 Å². The number of carbonyl (C=O) groups excluding carboxylic acids is 1. The van der Waals surface area contributed by atoms with Gasteiger partial charge in [-0.3, -0.25) is 0 Å². The standard InChI is InChI=1S/C3H8N2O2.K/c4-1-2(5)3(6)7;/h2H,1,4-5H2,(H,6,7);/q;+1/p-1. The van der Waals surface area contributed by atoms with E-state index >= 15 is 0 Å². The zero-order chi connectivity index (χ0) is 5.86. The molecule has 0 radical (unpaired) electrons. The Bertz CT molecular complexity index is 77.7. The summed E-state index contributed by atoms with van der Waals surface area (Å²) in [4.78, 5) is 9.61. The van der Waals surface area contributed by atoms with Gasteiger partial charge in [-0.1, -0.05) is 0 Å². The molecule has 4 N–H and O–H groups in total. The van der Waals surface area contributed by atoms with Crippen molar-refractivity contribution in [1.29, 1.82) is 0 Å². The first-order valence-electron chi connectivity index (χ1n) is 1.85. The molecule has 1 unspecified atom stereocenters. The van der Waals surface area contributed by atoms with E-state index in [9.17, 15) is 9.90 Å². The normalized spacial score (nSPS) is 11.8. The zero-order valence-electron chi connectivity index (χ0n) is 4.76. The Balaban J connectivity index is 0. The molecule has 1 atom stereocenters. The predicted octanol–water partition coefficient (Wildman–Crippen LogP) is -5.97. The van der Waals surface area contributed by atoms with Crippen LogP contribution in [0, 0.1) is 0 Å². The molecule has 0 rings (SSSR count). The molecule has 0 bridgehead atoms. The van der Waals surface area contributed by atoms with Gasteiger partial charge in [0.25, 0.3) is 0 Å². The number of carboxylic acid groups (broad SMARTS) is 1. The molecule has 0 aromatic carbocycles. The number of nitrogens with two attached hydrogens (primary N) is 2. The topological polar surface area (TPSA) is 92.2 Å². The molecule has 0 saturated heterocycles. The smallest absolute Gasteiger partial charge is 0.548 e. The molecule has 0 saturated carbocycles. The van der Waals surface area contributed by atoms with E-state index in [4.69, 9.17) is 11.5 Å². The summed E-state index contributed by atoms with van der Waals surface area (Å²) in [6.07, 6.45) is 0. The molecule has 0 spiro atoms. The summed E-state index contributed by atoms with van der Waals surface area (Å²) < 4.78 is 0. The number of carboxylic acids is 1. The monoisotopic (exact) mass is 142 g/mol. The largest absolute Gasteiger partial charge is 1.00 e. The van der Waals surface area contributed by atoms with Crippen molar-refractivity contribution in [3.05, 3.63) is 0 Å². The minimum absolute atomic E-state index is 0. The van der Waals surface area contributed by atoms with Crippen LogP contribution in [0.2, 0.25) is 0 Å². The van der Waals surface area contributed by atoms with Crippen LogP contribution in [0.3, 0.4) is 0 Å². The van der Waals surface area contributed by atoms with Crippen molar-refractivity contribution in [2.75, 3.05) is 6.54 Å². The summed E-state index contributed by atoms with van der Waals surface area (Å²) in [6.45, 7) is -0.0671. The molecule has 5 heteroatoms. The summed E-state index contributed by atoms with van der Waals surface area (Å²) in [7, 11) is 0. The van der Waals surface area contributed by atoms with E-state index in [0.29, 0.717) is 0 Å². The minimum Gasteiger partial charge on any atom is -0.548 e. The van der Waals surface area contributed by atoms with Crippen LogP contribution in [-0.4, -0.2) is 18.6 Å². The summed E-state index contributed by atoms with van der Waals surface area (Å²) in [6, 6.07) is -1.01. The van der Waals surface area contributed by atoms with Crippen LogP contribution < -0.4 is 68.0 Å². The Morgan fingerprint density at radius 1 is 1.75 bits per heavy atom. The second-order valence-electron chi connectivity index (χ2n) is 1.16. The molecular formula is C3H7KN2O2. The maximum atomic E-state index is 9.61. The van der Waals surface area contributed by atoms with E-state index in [1.807, 2.05) is 0 Å². The van der Waals surface area contributed by atoms with Crippen molar-refractivity contribution in [1.82, 2.24) is 0 Å². The van der Waals surface area contributed by atoms with Crippen LogP contribution in [0.25, 0.3) is 0 Å². The quantitative estimate of drug-likeness (QED) is 0.375. The third-order valence-corrected chi connectivity index (χ3v) is 0.557. The number of hydrogen-bond donors (Lipinski definition) is 2. The van der Waals surface area contributed by atoms with Crippen LogP contribution in [0.1, 0.15) is 0 Å². The molecule has 0 aromatic rings. The maximum Gasteiger partial charge on any atom is 1.00 e. The first-order valence-corrected chi connectivity index (χ1v) is 1.85. The van der Waals surface area contributed by atoms with Crippen molar-refractivity contribution in [2.24, 2.45) is 11.5 Å². The minimum atomic E-state index is -1.30. The van der Waals surface area contributed by atoms with Gasteiger partial charge in [0.1, 0.15) is 0 Å². The summed E-state index contributed by atoms with van der Waals surface area (Å²) in [5, 5.41) is 9.61. The third-order valence-electron chi connectivity index (χ3n) is 0.557. The van der Waals surface area contributed by atoms with Crippen molar-refractivity contribution < 1.29 is 61.3 Å². The van der Waals surface area contributed by atoms with Crippen LogP contribution >= 0.6 is 0 Å². The van der Waals surface area contributed by atoms with Crippen molar-refractivity contribution in [2.45, 2.75) is 6.04 Å². The first kappa shape index (κ1) is 11.8. The van der Waals surface area contributed by atoms with E-state index in [2.05, 4.69) is 0 Å². The Labute approximate surface area is 90.0 Å². The third kappa shape index (κ3) is 5.17. The fourth-order valence-corrected chi connectivity index (χ4v) is 0.0962. The molecule has 0 aliphatic rings. The summed E-state index contributed by atoms with van der Waals surface area (Å²) in [5.74, 6) is -1.30. The molecular weight excluding hydrogens is 135 g/mol. The van der Waals surface area contributed by atoms with Crippen molar-refractivity contribution >= 4 is 5.97 Å². The van der Waals surface area contributed by atoms with Gasteiger partial charge in [0.2, 0.25) is 0 Å². The Morgan fingerprint density at radius 3 is 2.12 bits per heavy atom. The van der Waals surface area contributed by atoms with Crippen molar-refractivity contribution in [3.63, 3.8) is 0 Å². The number of rotatable bonds is 2. The summed E-state index contributed by atoms with van der Waals surface area (Å²) >= 11 is 0. The number of carbonyl (C=O) groups is 1. The van der Waals surface area contributed by atoms with Gasteiger partial charge in [-0.25, -0.2) is 0 Å². The molecule has 8 heavy (non-hydrogen) atoms. The molecule has 4 nitrogen and oxygen atoms in total. The molecule has 0 amide bonds. The Kier molecular flexibility index (Phi) is 9.06. The first-order chi connectivity index (χ1) is 3.18. The molecule has 0 aliphatic heterocycles. The fourth-order valence-electron chi connectivity index (χ4n) is 0.0962. The van der Waals surface area contributed by atoms with E-state index in [1.54, 1.807) is 0 Å². The second-order valence-corrected chi connectivity index (χ2v) is 1.16. The molecule has 42 valence electrons. The van der Waals surface area contributed by atoms with Crippen LogP contribution in [0.15, 0.2) is 0 Å². The van der Waals surface area contributed by atoms with E-state index in [-0.39, 0.29) is 57.9 Å².